The highest BCUT2D eigenvalue weighted by atomic mass is 16.7. The van der Waals surface area contributed by atoms with E-state index in [0.29, 0.717) is 28.7 Å². The van der Waals surface area contributed by atoms with E-state index in [2.05, 4.69) is 0 Å². The highest BCUT2D eigenvalue weighted by Crippen LogP contribution is 2.56. The summed E-state index contributed by atoms with van der Waals surface area (Å²) in [6.45, 7) is 0.122. The molecule has 3 unspecified atom stereocenters. The van der Waals surface area contributed by atoms with Crippen molar-refractivity contribution in [2.75, 3.05) is 28.1 Å². The lowest BCUT2D eigenvalue weighted by atomic mass is 9.79. The molecular weight excluding hydrogens is 424 g/mol. The van der Waals surface area contributed by atoms with Gasteiger partial charge in [0.05, 0.1) is 27.2 Å². The number of methoxy groups -OCH3 is 3. The Bertz CT molecular complexity index is 1200. The van der Waals surface area contributed by atoms with Gasteiger partial charge in [-0.15, -0.1) is 0 Å². The molecule has 0 saturated carbocycles. The number of ether oxygens (including phenoxy) is 5. The summed E-state index contributed by atoms with van der Waals surface area (Å²) < 4.78 is 27.5. The zero-order valence-electron chi connectivity index (χ0n) is 18.5. The van der Waals surface area contributed by atoms with Gasteiger partial charge < -0.3 is 28.8 Å². The van der Waals surface area contributed by atoms with E-state index < -0.39 is 23.7 Å². The molecule has 0 bridgehead atoms. The lowest BCUT2D eigenvalue weighted by Crippen LogP contribution is -2.24. The molecular formula is C26H24O7. The lowest BCUT2D eigenvalue weighted by molar-refractivity contribution is -0.142. The maximum absolute atomic E-state index is 12.8. The van der Waals surface area contributed by atoms with Crippen LogP contribution in [0.15, 0.2) is 54.6 Å². The molecule has 0 aromatic heterocycles. The average Bonchev–Trinajstić information content (AvgIpc) is 3.44. The Morgan fingerprint density at radius 3 is 2.09 bits per heavy atom. The number of aliphatic carboxylic acids is 1. The van der Waals surface area contributed by atoms with Gasteiger partial charge in [0.2, 0.25) is 6.79 Å². The zero-order valence-corrected chi connectivity index (χ0v) is 18.5. The standard InChI is InChI=1S/C26H24O7/c1-29-15-6-4-14(5-7-15)23-18-10-16(30-2)8-9-17(18)24(25(23)26(27)28)19-11-21-22(33-13-32-21)12-20(19)31-3/h4-12,23-25H,13H2,1-3H3,(H,27,28). The summed E-state index contributed by atoms with van der Waals surface area (Å²) in [5.74, 6) is 0.606. The molecule has 170 valence electrons. The topological polar surface area (TPSA) is 83.5 Å². The van der Waals surface area contributed by atoms with Gasteiger partial charge in [-0.25, -0.2) is 0 Å². The Balaban J connectivity index is 1.73. The van der Waals surface area contributed by atoms with Crippen molar-refractivity contribution in [3.63, 3.8) is 0 Å². The van der Waals surface area contributed by atoms with Crippen LogP contribution in [0.5, 0.6) is 28.7 Å². The van der Waals surface area contributed by atoms with Crippen molar-refractivity contribution in [2.24, 2.45) is 5.92 Å². The molecule has 0 fully saturated rings. The van der Waals surface area contributed by atoms with Crippen LogP contribution in [0, 0.1) is 5.92 Å². The van der Waals surface area contributed by atoms with Crippen molar-refractivity contribution in [3.05, 3.63) is 76.9 Å². The average molecular weight is 448 g/mol. The third kappa shape index (κ3) is 3.40. The Labute approximate surface area is 191 Å². The molecule has 3 atom stereocenters. The summed E-state index contributed by atoms with van der Waals surface area (Å²) in [7, 11) is 4.78. The quantitative estimate of drug-likeness (QED) is 0.598. The minimum absolute atomic E-state index is 0.122. The van der Waals surface area contributed by atoms with Gasteiger partial charge in [0.15, 0.2) is 11.5 Å². The minimum atomic E-state index is -0.893. The maximum atomic E-state index is 12.8. The predicted octanol–water partition coefficient (Wildman–Crippen LogP) is 4.42. The molecule has 7 heteroatoms. The number of fused-ring (bicyclic) bond motifs is 2. The summed E-state index contributed by atoms with van der Waals surface area (Å²) >= 11 is 0. The SMILES string of the molecule is COc1ccc(C2c3cc(OC)ccc3C(c3cc4c(cc3OC)OCO4)C2C(=O)O)cc1. The Kier molecular flexibility index (Phi) is 5.24. The zero-order chi connectivity index (χ0) is 23.1. The second-order valence-electron chi connectivity index (χ2n) is 8.03. The normalized spacial score (nSPS) is 20.3. The fourth-order valence-electron chi connectivity index (χ4n) is 5.01. The number of carboxylic acid groups (broad SMARTS) is 1. The number of benzene rings is 3. The maximum Gasteiger partial charge on any atom is 0.308 e. The first-order valence-corrected chi connectivity index (χ1v) is 10.6. The van der Waals surface area contributed by atoms with Crippen molar-refractivity contribution >= 4 is 5.97 Å². The van der Waals surface area contributed by atoms with Crippen LogP contribution in [0.4, 0.5) is 0 Å². The van der Waals surface area contributed by atoms with Gasteiger partial charge in [-0.1, -0.05) is 18.2 Å². The van der Waals surface area contributed by atoms with Crippen molar-refractivity contribution in [2.45, 2.75) is 11.8 Å². The lowest BCUT2D eigenvalue weighted by Gasteiger charge is -2.24. The number of hydrogen-bond donors (Lipinski definition) is 1. The largest absolute Gasteiger partial charge is 0.497 e. The van der Waals surface area contributed by atoms with Gasteiger partial charge in [0.25, 0.3) is 0 Å². The van der Waals surface area contributed by atoms with E-state index in [4.69, 9.17) is 23.7 Å². The Morgan fingerprint density at radius 1 is 0.788 bits per heavy atom. The molecule has 1 heterocycles. The molecule has 1 aliphatic carbocycles. The number of carbonyl (C=O) groups is 1. The summed E-state index contributed by atoms with van der Waals surface area (Å²) in [4.78, 5) is 12.8. The molecule has 7 nitrogen and oxygen atoms in total. The summed E-state index contributed by atoms with van der Waals surface area (Å²) in [6.07, 6.45) is 0. The van der Waals surface area contributed by atoms with Crippen LogP contribution in [0.3, 0.4) is 0 Å². The second-order valence-corrected chi connectivity index (χ2v) is 8.03. The first-order valence-electron chi connectivity index (χ1n) is 10.6. The van der Waals surface area contributed by atoms with Crippen molar-refractivity contribution in [1.82, 2.24) is 0 Å². The molecule has 1 aliphatic heterocycles. The van der Waals surface area contributed by atoms with Crippen molar-refractivity contribution in [1.29, 1.82) is 0 Å². The van der Waals surface area contributed by atoms with Crippen LogP contribution in [0.1, 0.15) is 34.1 Å². The molecule has 2 aliphatic rings. The molecule has 33 heavy (non-hydrogen) atoms. The molecule has 3 aromatic carbocycles. The van der Waals surface area contributed by atoms with E-state index in [1.807, 2.05) is 48.5 Å². The fraction of sp³-hybridized carbons (Fsp3) is 0.269. The van der Waals surface area contributed by atoms with Crippen LogP contribution in [-0.4, -0.2) is 39.2 Å². The summed E-state index contributed by atoms with van der Waals surface area (Å²) in [5.41, 5.74) is 3.47. The molecule has 0 amide bonds. The summed E-state index contributed by atoms with van der Waals surface area (Å²) in [5, 5.41) is 10.5. The highest BCUT2D eigenvalue weighted by Gasteiger charge is 2.48. The van der Waals surface area contributed by atoms with Crippen LogP contribution in [0.2, 0.25) is 0 Å². The third-order valence-electron chi connectivity index (χ3n) is 6.50. The predicted molar refractivity (Wildman–Crippen MR) is 120 cm³/mol. The fourth-order valence-corrected chi connectivity index (χ4v) is 5.01. The number of rotatable bonds is 6. The number of hydrogen-bond acceptors (Lipinski definition) is 6. The molecule has 1 N–H and O–H groups in total. The third-order valence-corrected chi connectivity index (χ3v) is 6.50. The van der Waals surface area contributed by atoms with Crippen LogP contribution in [-0.2, 0) is 4.79 Å². The second kappa shape index (κ2) is 8.24. The molecule has 0 radical (unpaired) electrons. The van der Waals surface area contributed by atoms with Crippen molar-refractivity contribution in [3.8, 4) is 28.7 Å². The molecule has 0 saturated heterocycles. The molecule has 5 rings (SSSR count). The highest BCUT2D eigenvalue weighted by molar-refractivity contribution is 5.78. The van der Waals surface area contributed by atoms with Crippen LogP contribution < -0.4 is 23.7 Å². The molecule has 0 spiro atoms. The van der Waals surface area contributed by atoms with Crippen molar-refractivity contribution < 1.29 is 33.6 Å². The van der Waals surface area contributed by atoms with E-state index in [1.54, 1.807) is 27.4 Å². The van der Waals surface area contributed by atoms with Gasteiger partial charge in [-0.2, -0.15) is 0 Å². The first-order chi connectivity index (χ1) is 16.0. The Hall–Kier alpha value is -3.87. The van der Waals surface area contributed by atoms with E-state index in [0.717, 1.165) is 22.3 Å². The summed E-state index contributed by atoms with van der Waals surface area (Å²) in [6, 6.07) is 16.9. The van der Waals surface area contributed by atoms with Crippen LogP contribution >= 0.6 is 0 Å². The van der Waals surface area contributed by atoms with Gasteiger partial charge in [0, 0.05) is 23.5 Å². The van der Waals surface area contributed by atoms with E-state index in [-0.39, 0.29) is 6.79 Å². The van der Waals surface area contributed by atoms with Gasteiger partial charge >= 0.3 is 5.97 Å². The van der Waals surface area contributed by atoms with E-state index in [1.165, 1.54) is 0 Å². The van der Waals surface area contributed by atoms with Gasteiger partial charge in [0.1, 0.15) is 17.2 Å². The van der Waals surface area contributed by atoms with Gasteiger partial charge in [-0.3, -0.25) is 4.79 Å². The minimum Gasteiger partial charge on any atom is -0.497 e. The van der Waals surface area contributed by atoms with E-state index >= 15 is 0 Å². The van der Waals surface area contributed by atoms with Gasteiger partial charge in [-0.05, 0) is 47.0 Å². The number of carboxylic acids is 1. The van der Waals surface area contributed by atoms with E-state index in [9.17, 15) is 9.90 Å². The van der Waals surface area contributed by atoms with Crippen LogP contribution in [0.25, 0.3) is 0 Å². The molecule has 3 aromatic rings. The first kappa shape index (κ1) is 21.0. The smallest absolute Gasteiger partial charge is 0.308 e. The Morgan fingerprint density at radius 2 is 1.45 bits per heavy atom. The monoisotopic (exact) mass is 448 g/mol.